The van der Waals surface area contributed by atoms with E-state index in [1.807, 2.05) is 6.20 Å². The van der Waals surface area contributed by atoms with Crippen LogP contribution in [0.2, 0.25) is 0 Å². The van der Waals surface area contributed by atoms with Crippen molar-refractivity contribution in [1.82, 2.24) is 15.1 Å². The van der Waals surface area contributed by atoms with Crippen LogP contribution in [0, 0.1) is 5.92 Å². The Hall–Kier alpha value is -0.910. The van der Waals surface area contributed by atoms with E-state index in [0.717, 1.165) is 39.3 Å². The molecule has 0 aromatic carbocycles. The van der Waals surface area contributed by atoms with Crippen molar-refractivity contribution in [2.75, 3.05) is 33.4 Å². The first kappa shape index (κ1) is 14.0. The van der Waals surface area contributed by atoms with Crippen LogP contribution in [0.1, 0.15) is 31.4 Å². The third kappa shape index (κ3) is 3.22. The third-order valence-electron chi connectivity index (χ3n) is 4.59. The van der Waals surface area contributed by atoms with Crippen LogP contribution in [-0.4, -0.2) is 54.1 Å². The van der Waals surface area contributed by atoms with Crippen LogP contribution in [-0.2, 0) is 16.0 Å². The van der Waals surface area contributed by atoms with E-state index in [9.17, 15) is 0 Å². The summed E-state index contributed by atoms with van der Waals surface area (Å²) in [5.74, 6) is 0.669. The Morgan fingerprint density at radius 1 is 1.60 bits per heavy atom. The summed E-state index contributed by atoms with van der Waals surface area (Å²) in [5.41, 5.74) is 1.28. The van der Waals surface area contributed by atoms with Crippen molar-refractivity contribution in [2.24, 2.45) is 5.92 Å². The van der Waals surface area contributed by atoms with Crippen molar-refractivity contribution < 1.29 is 9.47 Å². The highest BCUT2D eigenvalue weighted by atomic mass is 16.5. The van der Waals surface area contributed by atoms with E-state index in [1.54, 1.807) is 7.11 Å². The molecule has 5 heteroatoms. The Bertz CT molecular complexity index is 409. The van der Waals surface area contributed by atoms with Crippen LogP contribution in [0.25, 0.3) is 0 Å². The highest BCUT2D eigenvalue weighted by Gasteiger charge is 2.43. The van der Waals surface area contributed by atoms with Crippen molar-refractivity contribution in [3.63, 3.8) is 0 Å². The van der Waals surface area contributed by atoms with E-state index >= 15 is 0 Å². The molecular formula is C15H25N3O2. The molecule has 112 valence electrons. The lowest BCUT2D eigenvalue weighted by atomic mass is 9.85. The van der Waals surface area contributed by atoms with Crippen LogP contribution in [0.15, 0.2) is 12.3 Å². The van der Waals surface area contributed by atoms with Gasteiger partial charge in [-0.2, -0.15) is 5.10 Å². The number of hydrogen-bond acceptors (Lipinski definition) is 4. The lowest BCUT2D eigenvalue weighted by Gasteiger charge is -2.39. The second-order valence-corrected chi connectivity index (χ2v) is 6.24. The fourth-order valence-electron chi connectivity index (χ4n) is 3.63. The van der Waals surface area contributed by atoms with E-state index < -0.39 is 0 Å². The molecule has 2 aliphatic heterocycles. The minimum Gasteiger partial charge on any atom is -0.385 e. The van der Waals surface area contributed by atoms with Crippen LogP contribution >= 0.6 is 0 Å². The average molecular weight is 279 g/mol. The van der Waals surface area contributed by atoms with Gasteiger partial charge in [0.05, 0.1) is 12.2 Å². The molecule has 3 heterocycles. The van der Waals surface area contributed by atoms with Gasteiger partial charge in [-0.05, 0) is 44.2 Å². The molecule has 0 radical (unpaired) electrons. The van der Waals surface area contributed by atoms with Gasteiger partial charge in [0.2, 0.25) is 0 Å². The number of ether oxygens (including phenoxy) is 2. The molecule has 3 rings (SSSR count). The molecule has 0 aliphatic carbocycles. The Kier molecular flexibility index (Phi) is 4.38. The van der Waals surface area contributed by atoms with Crippen LogP contribution in [0.3, 0.4) is 0 Å². The van der Waals surface area contributed by atoms with Crippen molar-refractivity contribution in [3.05, 3.63) is 18.0 Å². The molecule has 2 atom stereocenters. The van der Waals surface area contributed by atoms with Gasteiger partial charge < -0.3 is 9.47 Å². The molecule has 2 aliphatic rings. The maximum atomic E-state index is 6.22. The van der Waals surface area contributed by atoms with Crippen molar-refractivity contribution in [1.29, 1.82) is 0 Å². The van der Waals surface area contributed by atoms with Crippen molar-refractivity contribution >= 4 is 0 Å². The SMILES string of the molecule is COCCC1COC2(CCCN(Cc3ccn[nH]3)C2)C1. The number of aromatic amines is 1. The molecule has 0 saturated carbocycles. The predicted molar refractivity (Wildman–Crippen MR) is 76.4 cm³/mol. The van der Waals surface area contributed by atoms with Gasteiger partial charge in [-0.15, -0.1) is 0 Å². The minimum atomic E-state index is 0.0939. The summed E-state index contributed by atoms with van der Waals surface area (Å²) in [4.78, 5) is 2.50. The summed E-state index contributed by atoms with van der Waals surface area (Å²) < 4.78 is 11.4. The quantitative estimate of drug-likeness (QED) is 0.893. The standard InChI is InChI=1S/C15H25N3O2/c1-19-8-4-13-9-15(20-11-13)5-2-7-18(12-15)10-14-3-6-16-17-14/h3,6,13H,2,4-5,7-12H2,1H3,(H,16,17). The largest absolute Gasteiger partial charge is 0.385 e. The fraction of sp³-hybridized carbons (Fsp3) is 0.800. The number of nitrogens with zero attached hydrogens (tertiary/aromatic N) is 2. The Morgan fingerprint density at radius 2 is 2.55 bits per heavy atom. The average Bonchev–Trinajstić information content (AvgIpc) is 3.07. The summed E-state index contributed by atoms with van der Waals surface area (Å²) in [6.45, 7) is 4.92. The number of rotatable bonds is 5. The zero-order valence-electron chi connectivity index (χ0n) is 12.3. The molecule has 2 fully saturated rings. The Morgan fingerprint density at radius 3 is 3.35 bits per heavy atom. The molecular weight excluding hydrogens is 254 g/mol. The molecule has 20 heavy (non-hydrogen) atoms. The number of piperidine rings is 1. The molecule has 1 aromatic heterocycles. The van der Waals surface area contributed by atoms with E-state index in [4.69, 9.17) is 9.47 Å². The number of nitrogens with one attached hydrogen (secondary N) is 1. The Balaban J connectivity index is 1.55. The fourth-order valence-corrected chi connectivity index (χ4v) is 3.63. The zero-order chi connectivity index (χ0) is 13.8. The topological polar surface area (TPSA) is 50.4 Å². The highest BCUT2D eigenvalue weighted by Crippen LogP contribution is 2.38. The second-order valence-electron chi connectivity index (χ2n) is 6.24. The van der Waals surface area contributed by atoms with Gasteiger partial charge in [-0.3, -0.25) is 10.00 Å². The van der Waals surface area contributed by atoms with Gasteiger partial charge in [0.25, 0.3) is 0 Å². The van der Waals surface area contributed by atoms with Crippen LogP contribution in [0.5, 0.6) is 0 Å². The normalized spacial score (nSPS) is 31.1. The smallest absolute Gasteiger partial charge is 0.0813 e. The molecule has 1 spiro atoms. The summed E-state index contributed by atoms with van der Waals surface area (Å²) in [5, 5.41) is 7.08. The van der Waals surface area contributed by atoms with Gasteiger partial charge in [0, 0.05) is 38.7 Å². The molecule has 1 N–H and O–H groups in total. The monoisotopic (exact) mass is 279 g/mol. The number of hydrogen-bond donors (Lipinski definition) is 1. The molecule has 5 nitrogen and oxygen atoms in total. The van der Waals surface area contributed by atoms with Crippen LogP contribution in [0.4, 0.5) is 0 Å². The highest BCUT2D eigenvalue weighted by molar-refractivity contribution is 5.00. The third-order valence-corrected chi connectivity index (χ3v) is 4.59. The van der Waals surface area contributed by atoms with E-state index in [2.05, 4.69) is 21.2 Å². The van der Waals surface area contributed by atoms with Crippen molar-refractivity contribution in [2.45, 2.75) is 37.8 Å². The summed E-state index contributed by atoms with van der Waals surface area (Å²) in [7, 11) is 1.78. The van der Waals surface area contributed by atoms with E-state index in [1.165, 1.54) is 25.0 Å². The second kappa shape index (κ2) is 6.24. The summed E-state index contributed by atoms with van der Waals surface area (Å²) in [6, 6.07) is 2.05. The molecule has 1 aromatic rings. The number of likely N-dealkylation sites (tertiary alicyclic amines) is 1. The van der Waals surface area contributed by atoms with Crippen molar-refractivity contribution in [3.8, 4) is 0 Å². The molecule has 0 bridgehead atoms. The van der Waals surface area contributed by atoms with E-state index in [-0.39, 0.29) is 5.60 Å². The van der Waals surface area contributed by atoms with Gasteiger partial charge >= 0.3 is 0 Å². The van der Waals surface area contributed by atoms with Gasteiger partial charge in [-0.1, -0.05) is 0 Å². The maximum Gasteiger partial charge on any atom is 0.0813 e. The van der Waals surface area contributed by atoms with Gasteiger partial charge in [0.1, 0.15) is 0 Å². The number of H-pyrrole nitrogens is 1. The van der Waals surface area contributed by atoms with Gasteiger partial charge in [-0.25, -0.2) is 0 Å². The molecule has 2 unspecified atom stereocenters. The lowest BCUT2D eigenvalue weighted by molar-refractivity contribution is -0.0538. The minimum absolute atomic E-state index is 0.0939. The zero-order valence-corrected chi connectivity index (χ0v) is 12.3. The maximum absolute atomic E-state index is 6.22. The lowest BCUT2D eigenvalue weighted by Crippen LogP contribution is -2.47. The first-order valence-electron chi connectivity index (χ1n) is 7.63. The first-order chi connectivity index (χ1) is 9.80. The summed E-state index contributed by atoms with van der Waals surface area (Å²) >= 11 is 0. The molecule has 2 saturated heterocycles. The Labute approximate surface area is 120 Å². The number of aromatic nitrogens is 2. The van der Waals surface area contributed by atoms with Crippen LogP contribution < -0.4 is 0 Å². The first-order valence-corrected chi connectivity index (χ1v) is 7.63. The molecule has 0 amide bonds. The summed E-state index contributed by atoms with van der Waals surface area (Å²) in [6.07, 6.45) is 6.57. The predicted octanol–water partition coefficient (Wildman–Crippen LogP) is 1.82. The number of methoxy groups -OCH3 is 1. The van der Waals surface area contributed by atoms with Gasteiger partial charge in [0.15, 0.2) is 0 Å². The van der Waals surface area contributed by atoms with E-state index in [0.29, 0.717) is 5.92 Å².